The SMILES string of the molecule is Cc1ccc(NC(=O)C(=O)NCC2CCN(Cc3ccco3)CC2)c([N+](=O)[O-])c1. The molecule has 1 aliphatic rings. The van der Waals surface area contributed by atoms with Gasteiger partial charge in [0.2, 0.25) is 0 Å². The summed E-state index contributed by atoms with van der Waals surface area (Å²) in [5, 5.41) is 16.1. The average molecular weight is 400 g/mol. The number of amides is 2. The first-order chi connectivity index (χ1) is 13.9. The second-order valence-electron chi connectivity index (χ2n) is 7.24. The van der Waals surface area contributed by atoms with Crippen molar-refractivity contribution in [3.8, 4) is 0 Å². The molecular weight excluding hydrogens is 376 g/mol. The number of nitrogens with one attached hydrogen (secondary N) is 2. The fraction of sp³-hybridized carbons (Fsp3) is 0.400. The predicted octanol–water partition coefficient (Wildman–Crippen LogP) is 2.46. The lowest BCUT2D eigenvalue weighted by atomic mass is 9.96. The molecule has 2 heterocycles. The second kappa shape index (κ2) is 9.33. The minimum absolute atomic E-state index is 0.00647. The van der Waals surface area contributed by atoms with Crippen LogP contribution in [0, 0.1) is 23.0 Å². The van der Waals surface area contributed by atoms with E-state index in [1.807, 2.05) is 12.1 Å². The van der Waals surface area contributed by atoms with Crippen LogP contribution in [-0.2, 0) is 16.1 Å². The second-order valence-corrected chi connectivity index (χ2v) is 7.24. The highest BCUT2D eigenvalue weighted by Crippen LogP contribution is 2.25. The van der Waals surface area contributed by atoms with Crippen LogP contribution in [0.15, 0.2) is 41.0 Å². The van der Waals surface area contributed by atoms with Gasteiger partial charge in [0.1, 0.15) is 11.4 Å². The Morgan fingerprint density at radius 1 is 1.24 bits per heavy atom. The summed E-state index contributed by atoms with van der Waals surface area (Å²) >= 11 is 0. The zero-order chi connectivity index (χ0) is 20.8. The third kappa shape index (κ3) is 5.64. The molecule has 9 nitrogen and oxygen atoms in total. The van der Waals surface area contributed by atoms with Crippen LogP contribution in [0.2, 0.25) is 0 Å². The average Bonchev–Trinajstić information content (AvgIpc) is 3.21. The molecule has 2 amide bonds. The number of hydrogen-bond donors (Lipinski definition) is 2. The zero-order valence-corrected chi connectivity index (χ0v) is 16.2. The Balaban J connectivity index is 1.44. The molecule has 1 aliphatic heterocycles. The lowest BCUT2D eigenvalue weighted by molar-refractivity contribution is -0.384. The molecule has 0 unspecified atom stereocenters. The van der Waals surface area contributed by atoms with Crippen LogP contribution >= 0.6 is 0 Å². The van der Waals surface area contributed by atoms with E-state index < -0.39 is 16.7 Å². The van der Waals surface area contributed by atoms with Gasteiger partial charge < -0.3 is 15.1 Å². The summed E-state index contributed by atoms with van der Waals surface area (Å²) in [6.45, 7) is 4.66. The first kappa shape index (κ1) is 20.5. The van der Waals surface area contributed by atoms with Gasteiger partial charge in [-0.1, -0.05) is 6.07 Å². The summed E-state index contributed by atoms with van der Waals surface area (Å²) in [7, 11) is 0. The van der Waals surface area contributed by atoms with Crippen molar-refractivity contribution in [3.05, 3.63) is 58.0 Å². The third-order valence-electron chi connectivity index (χ3n) is 5.02. The van der Waals surface area contributed by atoms with E-state index in [2.05, 4.69) is 15.5 Å². The normalized spacial score (nSPS) is 15.1. The summed E-state index contributed by atoms with van der Waals surface area (Å²) in [6, 6.07) is 8.23. The topological polar surface area (TPSA) is 118 Å². The quantitative estimate of drug-likeness (QED) is 0.437. The lowest BCUT2D eigenvalue weighted by Gasteiger charge is -2.31. The van der Waals surface area contributed by atoms with Crippen LogP contribution in [0.1, 0.15) is 24.2 Å². The number of carbonyl (C=O) groups is 2. The number of piperidine rings is 1. The molecule has 1 fully saturated rings. The molecular formula is C20H24N4O5. The number of likely N-dealkylation sites (tertiary alicyclic amines) is 1. The van der Waals surface area contributed by atoms with Gasteiger partial charge in [-0.15, -0.1) is 0 Å². The van der Waals surface area contributed by atoms with Crippen LogP contribution < -0.4 is 10.6 Å². The van der Waals surface area contributed by atoms with E-state index in [0.717, 1.165) is 38.2 Å². The Labute approximate surface area is 168 Å². The number of carbonyl (C=O) groups excluding carboxylic acids is 2. The van der Waals surface area contributed by atoms with Gasteiger partial charge in [0.15, 0.2) is 0 Å². The van der Waals surface area contributed by atoms with Crippen molar-refractivity contribution in [2.45, 2.75) is 26.3 Å². The Morgan fingerprint density at radius 2 is 2.00 bits per heavy atom. The summed E-state index contributed by atoms with van der Waals surface area (Å²) in [5.41, 5.74) is 0.458. The van der Waals surface area contributed by atoms with E-state index in [9.17, 15) is 19.7 Å². The van der Waals surface area contributed by atoms with Gasteiger partial charge in [0.25, 0.3) is 5.69 Å². The van der Waals surface area contributed by atoms with Gasteiger partial charge in [-0.25, -0.2) is 0 Å². The Hall–Kier alpha value is -3.20. The molecule has 2 aromatic rings. The maximum absolute atomic E-state index is 12.1. The zero-order valence-electron chi connectivity index (χ0n) is 16.2. The fourth-order valence-electron chi connectivity index (χ4n) is 3.37. The number of hydrogen-bond acceptors (Lipinski definition) is 6. The maximum atomic E-state index is 12.1. The van der Waals surface area contributed by atoms with Crippen LogP contribution in [-0.4, -0.2) is 41.3 Å². The lowest BCUT2D eigenvalue weighted by Crippen LogP contribution is -2.41. The molecule has 0 saturated carbocycles. The van der Waals surface area contributed by atoms with Crippen molar-refractivity contribution in [1.29, 1.82) is 0 Å². The molecule has 0 spiro atoms. The van der Waals surface area contributed by atoms with Crippen LogP contribution in [0.5, 0.6) is 0 Å². The molecule has 1 aromatic heterocycles. The van der Waals surface area contributed by atoms with Crippen molar-refractivity contribution >= 4 is 23.2 Å². The van der Waals surface area contributed by atoms with Gasteiger partial charge in [-0.3, -0.25) is 24.6 Å². The van der Waals surface area contributed by atoms with E-state index in [0.29, 0.717) is 12.1 Å². The van der Waals surface area contributed by atoms with E-state index in [1.54, 1.807) is 19.3 Å². The number of nitrogens with zero attached hydrogens (tertiary/aromatic N) is 2. The maximum Gasteiger partial charge on any atom is 0.313 e. The van der Waals surface area contributed by atoms with Crippen LogP contribution in [0.25, 0.3) is 0 Å². The first-order valence-electron chi connectivity index (χ1n) is 9.51. The van der Waals surface area contributed by atoms with Crippen LogP contribution in [0.4, 0.5) is 11.4 Å². The van der Waals surface area contributed by atoms with Crippen molar-refractivity contribution in [2.75, 3.05) is 25.0 Å². The standard InChI is InChI=1S/C20H24N4O5/c1-14-4-5-17(18(11-14)24(27)28)22-20(26)19(25)21-12-15-6-8-23(9-7-15)13-16-3-2-10-29-16/h2-5,10-11,15H,6-9,12-13H2,1H3,(H,21,25)(H,22,26). The van der Waals surface area contributed by atoms with Crippen molar-refractivity contribution in [3.63, 3.8) is 0 Å². The summed E-state index contributed by atoms with van der Waals surface area (Å²) in [5.74, 6) is -0.489. The molecule has 0 radical (unpaired) electrons. The van der Waals surface area contributed by atoms with E-state index in [1.165, 1.54) is 12.1 Å². The van der Waals surface area contributed by atoms with Crippen molar-refractivity contribution in [2.24, 2.45) is 5.92 Å². The molecule has 154 valence electrons. The molecule has 1 aromatic carbocycles. The van der Waals surface area contributed by atoms with Gasteiger partial charge >= 0.3 is 11.8 Å². The Kier molecular flexibility index (Phi) is 6.61. The Morgan fingerprint density at radius 3 is 2.66 bits per heavy atom. The molecule has 0 aliphatic carbocycles. The number of anilines is 1. The summed E-state index contributed by atoms with van der Waals surface area (Å²) in [4.78, 5) is 37.0. The third-order valence-corrected chi connectivity index (χ3v) is 5.02. The molecule has 2 N–H and O–H groups in total. The van der Waals surface area contributed by atoms with Crippen molar-refractivity contribution in [1.82, 2.24) is 10.2 Å². The smallest absolute Gasteiger partial charge is 0.313 e. The Bertz CT molecular complexity index is 873. The van der Waals surface area contributed by atoms with E-state index in [-0.39, 0.29) is 17.3 Å². The summed E-state index contributed by atoms with van der Waals surface area (Å²) in [6.07, 6.45) is 3.48. The van der Waals surface area contributed by atoms with Gasteiger partial charge in [0.05, 0.1) is 17.7 Å². The molecule has 29 heavy (non-hydrogen) atoms. The number of furan rings is 1. The fourth-order valence-corrected chi connectivity index (χ4v) is 3.37. The monoisotopic (exact) mass is 400 g/mol. The number of benzene rings is 1. The molecule has 0 atom stereocenters. The van der Waals surface area contributed by atoms with Gasteiger partial charge in [0, 0.05) is 12.6 Å². The van der Waals surface area contributed by atoms with Crippen LogP contribution in [0.3, 0.4) is 0 Å². The summed E-state index contributed by atoms with van der Waals surface area (Å²) < 4.78 is 5.36. The van der Waals surface area contributed by atoms with E-state index in [4.69, 9.17) is 4.42 Å². The molecule has 1 saturated heterocycles. The highest BCUT2D eigenvalue weighted by molar-refractivity contribution is 6.39. The highest BCUT2D eigenvalue weighted by Gasteiger charge is 2.23. The van der Waals surface area contributed by atoms with E-state index >= 15 is 0 Å². The first-order valence-corrected chi connectivity index (χ1v) is 9.51. The number of aryl methyl sites for hydroxylation is 1. The highest BCUT2D eigenvalue weighted by atomic mass is 16.6. The van der Waals surface area contributed by atoms with Crippen molar-refractivity contribution < 1.29 is 18.9 Å². The number of rotatable bonds is 6. The number of nitro benzene ring substituents is 1. The minimum Gasteiger partial charge on any atom is -0.468 e. The van der Waals surface area contributed by atoms with Gasteiger partial charge in [-0.2, -0.15) is 0 Å². The predicted molar refractivity (Wildman–Crippen MR) is 106 cm³/mol. The largest absolute Gasteiger partial charge is 0.468 e. The number of nitro groups is 1. The molecule has 3 rings (SSSR count). The van der Waals surface area contributed by atoms with Gasteiger partial charge in [-0.05, 0) is 62.5 Å². The molecule has 9 heteroatoms. The minimum atomic E-state index is -0.910. The molecule has 0 bridgehead atoms.